The Hall–Kier alpha value is -5.57. The number of nitrogens with zero attached hydrogens (tertiary/aromatic N) is 8. The predicted octanol–water partition coefficient (Wildman–Crippen LogP) is 6.50. The third kappa shape index (κ3) is 9.10. The number of hydrogen-bond donors (Lipinski definition) is 3. The lowest BCUT2D eigenvalue weighted by Crippen LogP contribution is -2.47. The van der Waals surface area contributed by atoms with Gasteiger partial charge in [0.25, 0.3) is 5.56 Å². The summed E-state index contributed by atoms with van der Waals surface area (Å²) in [6, 6.07) is 17.2. The van der Waals surface area contributed by atoms with Gasteiger partial charge in [-0.05, 0) is 116 Å². The summed E-state index contributed by atoms with van der Waals surface area (Å²) in [6.45, 7) is 12.6. The number of piperazine rings is 1. The zero-order valence-corrected chi connectivity index (χ0v) is 36.7. The number of nitrogens with one attached hydrogen (secondary N) is 3. The molecule has 17 heteroatoms. The molecular weight excluding hydrogens is 845 g/mol. The lowest BCUT2D eigenvalue weighted by atomic mass is 9.93. The highest BCUT2D eigenvalue weighted by Gasteiger charge is 2.25. The van der Waals surface area contributed by atoms with Crippen LogP contribution in [0.1, 0.15) is 24.8 Å². The number of hydrogen-bond acceptors (Lipinski definition) is 13. The van der Waals surface area contributed by atoms with Crippen LogP contribution in [0, 0.1) is 12.8 Å². The molecule has 6 aromatic rings. The van der Waals surface area contributed by atoms with Crippen LogP contribution in [-0.2, 0) is 4.57 Å². The standard InChI is InChI=1S/C43H49BrN11O4P/c1-28-25-35(49-42-47-27-32(44)41(51-42)48-34-10-9-33-39(46-16-15-45-33)40(34)60(3,4)58)37(59-2)26-36(28)54-23-21-52(22-24-54)17-11-29-12-18-53(19-13-29)30-5-7-31(8-6-30)55-20-14-38(56)50-43(55)57/h5-10,14-16,20,25-27,29H,11-13,17-19,21-24H2,1-4H3,(H,50,56,57)(H2,47,48,49,51). The number of aryl methyl sites for hydroxylation is 1. The molecule has 0 atom stereocenters. The van der Waals surface area contributed by atoms with E-state index in [0.717, 1.165) is 87.0 Å². The first-order chi connectivity index (χ1) is 28.9. The monoisotopic (exact) mass is 893 g/mol. The molecule has 2 aliphatic heterocycles. The summed E-state index contributed by atoms with van der Waals surface area (Å²) in [7, 11) is -1.09. The molecule has 0 bridgehead atoms. The fraction of sp³-hybridized carbons (Fsp3) is 0.349. The summed E-state index contributed by atoms with van der Waals surface area (Å²) in [5.74, 6) is 2.27. The van der Waals surface area contributed by atoms with E-state index in [4.69, 9.17) is 9.72 Å². The van der Waals surface area contributed by atoms with Gasteiger partial charge in [0, 0.05) is 87.6 Å². The highest BCUT2D eigenvalue weighted by atomic mass is 79.9. The Bertz CT molecular complexity index is 2670. The second-order valence-electron chi connectivity index (χ2n) is 15.8. The van der Waals surface area contributed by atoms with Crippen molar-refractivity contribution in [3.8, 4) is 11.4 Å². The normalized spacial score (nSPS) is 15.3. The van der Waals surface area contributed by atoms with Crippen LogP contribution < -0.4 is 41.7 Å². The second-order valence-corrected chi connectivity index (χ2v) is 19.8. The van der Waals surface area contributed by atoms with E-state index in [-0.39, 0.29) is 0 Å². The largest absolute Gasteiger partial charge is 0.494 e. The maximum absolute atomic E-state index is 13.5. The van der Waals surface area contributed by atoms with Gasteiger partial charge in [-0.3, -0.25) is 29.2 Å². The predicted molar refractivity (Wildman–Crippen MR) is 244 cm³/mol. The minimum atomic E-state index is -2.76. The van der Waals surface area contributed by atoms with Crippen LogP contribution >= 0.6 is 23.1 Å². The molecule has 3 aromatic carbocycles. The van der Waals surface area contributed by atoms with Crippen molar-refractivity contribution in [1.29, 1.82) is 0 Å². The van der Waals surface area contributed by atoms with E-state index >= 15 is 0 Å². The first kappa shape index (κ1) is 41.2. The molecule has 0 aliphatic carbocycles. The van der Waals surface area contributed by atoms with Crippen LogP contribution in [-0.4, -0.2) is 101 Å². The minimum Gasteiger partial charge on any atom is -0.494 e. The number of halogens is 1. The maximum Gasteiger partial charge on any atom is 0.332 e. The Balaban J connectivity index is 0.849. The summed E-state index contributed by atoms with van der Waals surface area (Å²) in [4.78, 5) is 51.6. The van der Waals surface area contributed by atoms with Gasteiger partial charge in [-0.1, -0.05) is 0 Å². The number of piperidine rings is 1. The Kier molecular flexibility index (Phi) is 12.1. The van der Waals surface area contributed by atoms with Gasteiger partial charge in [0.2, 0.25) is 5.95 Å². The molecule has 0 amide bonds. The Labute approximate surface area is 356 Å². The van der Waals surface area contributed by atoms with Crippen molar-refractivity contribution < 1.29 is 9.30 Å². The van der Waals surface area contributed by atoms with Crippen molar-refractivity contribution in [1.82, 2.24) is 34.4 Å². The van der Waals surface area contributed by atoms with Crippen molar-refractivity contribution in [2.24, 2.45) is 5.92 Å². The molecule has 0 unspecified atom stereocenters. The Morgan fingerprint density at radius 1 is 0.867 bits per heavy atom. The van der Waals surface area contributed by atoms with E-state index < -0.39 is 18.4 Å². The minimum absolute atomic E-state index is 0.376. The van der Waals surface area contributed by atoms with E-state index in [2.05, 4.69) is 92.4 Å². The summed E-state index contributed by atoms with van der Waals surface area (Å²) in [5.41, 5.74) is 5.99. The Morgan fingerprint density at radius 3 is 2.32 bits per heavy atom. The number of aromatic amines is 1. The summed E-state index contributed by atoms with van der Waals surface area (Å²) in [6.07, 6.45) is 9.93. The number of benzene rings is 3. The van der Waals surface area contributed by atoms with Crippen LogP contribution in [0.4, 0.5) is 34.5 Å². The van der Waals surface area contributed by atoms with Crippen molar-refractivity contribution >= 4 is 73.9 Å². The number of anilines is 6. The zero-order valence-electron chi connectivity index (χ0n) is 34.2. The highest BCUT2D eigenvalue weighted by molar-refractivity contribution is 9.10. The van der Waals surface area contributed by atoms with E-state index in [0.29, 0.717) is 49.9 Å². The number of methoxy groups -OCH3 is 1. The molecule has 3 aromatic heterocycles. The molecule has 60 heavy (non-hydrogen) atoms. The maximum atomic E-state index is 13.5. The van der Waals surface area contributed by atoms with E-state index in [1.165, 1.54) is 23.3 Å². The van der Waals surface area contributed by atoms with Crippen LogP contribution in [0.2, 0.25) is 0 Å². The van der Waals surface area contributed by atoms with Gasteiger partial charge >= 0.3 is 5.69 Å². The van der Waals surface area contributed by atoms with Gasteiger partial charge in [-0.2, -0.15) is 4.98 Å². The molecule has 0 saturated carbocycles. The van der Waals surface area contributed by atoms with E-state index in [1.54, 1.807) is 39.0 Å². The molecule has 8 rings (SSSR count). The van der Waals surface area contributed by atoms with Gasteiger partial charge in [0.1, 0.15) is 24.2 Å². The third-order valence-electron chi connectivity index (χ3n) is 11.4. The van der Waals surface area contributed by atoms with Crippen LogP contribution in [0.25, 0.3) is 16.7 Å². The number of aromatic nitrogens is 6. The van der Waals surface area contributed by atoms with Gasteiger partial charge in [0.15, 0.2) is 0 Å². The topological polar surface area (TPSA) is 166 Å². The van der Waals surface area contributed by atoms with Gasteiger partial charge in [-0.25, -0.2) is 9.78 Å². The van der Waals surface area contributed by atoms with Gasteiger partial charge < -0.3 is 29.7 Å². The molecule has 2 fully saturated rings. The molecule has 3 N–H and O–H groups in total. The van der Waals surface area contributed by atoms with Crippen molar-refractivity contribution in [3.63, 3.8) is 0 Å². The summed E-state index contributed by atoms with van der Waals surface area (Å²) in [5, 5.41) is 7.35. The fourth-order valence-corrected chi connectivity index (χ4v) is 9.90. The molecule has 5 heterocycles. The number of ether oxygens (including phenoxy) is 1. The average Bonchev–Trinajstić information content (AvgIpc) is 3.24. The third-order valence-corrected chi connectivity index (χ3v) is 13.5. The van der Waals surface area contributed by atoms with Crippen molar-refractivity contribution in [2.75, 3.05) is 86.7 Å². The smallest absolute Gasteiger partial charge is 0.332 e. The van der Waals surface area contributed by atoms with E-state index in [1.807, 2.05) is 24.3 Å². The average molecular weight is 895 g/mol. The number of fused-ring (bicyclic) bond motifs is 1. The van der Waals surface area contributed by atoms with Gasteiger partial charge in [-0.15, -0.1) is 0 Å². The van der Waals surface area contributed by atoms with Crippen LogP contribution in [0.3, 0.4) is 0 Å². The van der Waals surface area contributed by atoms with E-state index in [9.17, 15) is 14.2 Å². The molecule has 0 radical (unpaired) electrons. The fourth-order valence-electron chi connectivity index (χ4n) is 8.22. The first-order valence-corrected chi connectivity index (χ1v) is 23.5. The number of rotatable bonds is 12. The van der Waals surface area contributed by atoms with Gasteiger partial charge in [0.05, 0.1) is 39.5 Å². The molecular formula is C43H49BrN11O4P. The lowest BCUT2D eigenvalue weighted by Gasteiger charge is -2.38. The second kappa shape index (κ2) is 17.6. The summed E-state index contributed by atoms with van der Waals surface area (Å²) >= 11 is 3.58. The summed E-state index contributed by atoms with van der Waals surface area (Å²) < 4.78 is 21.5. The quantitative estimate of drug-likeness (QED) is 0.114. The molecule has 0 spiro atoms. The molecule has 2 saturated heterocycles. The SMILES string of the molecule is COc1cc(N2CCN(CCC3CCN(c4ccc(-n5ccc(=O)[nH]c5=O)cc4)CC3)CC2)c(C)cc1Nc1ncc(Br)c(Nc2ccc3nccnc3c2P(C)(C)=O)n1. The lowest BCUT2D eigenvalue weighted by molar-refractivity contribution is 0.228. The number of H-pyrrole nitrogens is 1. The van der Waals surface area contributed by atoms with Crippen LogP contribution in [0.15, 0.2) is 93.4 Å². The van der Waals surface area contributed by atoms with Crippen LogP contribution in [0.5, 0.6) is 5.75 Å². The Morgan fingerprint density at radius 2 is 1.60 bits per heavy atom. The molecule has 2 aliphatic rings. The van der Waals surface area contributed by atoms with Crippen molar-refractivity contribution in [2.45, 2.75) is 26.2 Å². The highest BCUT2D eigenvalue weighted by Crippen LogP contribution is 2.42. The zero-order chi connectivity index (χ0) is 42.0. The molecule has 15 nitrogen and oxygen atoms in total. The molecule has 312 valence electrons. The first-order valence-electron chi connectivity index (χ1n) is 20.1. The van der Waals surface area contributed by atoms with Crippen molar-refractivity contribution in [3.05, 3.63) is 110 Å².